The van der Waals surface area contributed by atoms with Gasteiger partial charge in [0.2, 0.25) is 6.10 Å². The molecule has 1 atom stereocenters. The van der Waals surface area contributed by atoms with Gasteiger partial charge in [0.25, 0.3) is 5.91 Å². The van der Waals surface area contributed by atoms with Crippen LogP contribution in [0.25, 0.3) is 10.2 Å². The third-order valence-electron chi connectivity index (χ3n) is 3.57. The first-order valence-electron chi connectivity index (χ1n) is 7.29. The van der Waals surface area contributed by atoms with E-state index in [0.717, 1.165) is 25.8 Å². The Morgan fingerprint density at radius 1 is 1.29 bits per heavy atom. The van der Waals surface area contributed by atoms with Gasteiger partial charge in [-0.3, -0.25) is 4.79 Å². The molecule has 1 aliphatic rings. The highest BCUT2D eigenvalue weighted by molar-refractivity contribution is 7.18. The predicted molar refractivity (Wildman–Crippen MR) is 96.8 cm³/mol. The SMILES string of the molecule is O=C(NCc1nc2ccccc2s1)C1CC(c2ccc(Cl)s2)=NO1. The number of fused-ring (bicyclic) bond motifs is 1. The van der Waals surface area contributed by atoms with Gasteiger partial charge in [-0.1, -0.05) is 28.9 Å². The summed E-state index contributed by atoms with van der Waals surface area (Å²) in [6.45, 7) is 0.387. The molecule has 3 aromatic rings. The second-order valence-corrected chi connectivity index (χ2v) is 8.06. The number of para-hydroxylation sites is 1. The van der Waals surface area contributed by atoms with Crippen LogP contribution in [0, 0.1) is 0 Å². The maximum atomic E-state index is 12.3. The Morgan fingerprint density at radius 2 is 2.17 bits per heavy atom. The number of nitrogens with zero attached hydrogens (tertiary/aromatic N) is 2. The van der Waals surface area contributed by atoms with Gasteiger partial charge >= 0.3 is 0 Å². The number of oxime groups is 1. The van der Waals surface area contributed by atoms with E-state index < -0.39 is 6.10 Å². The molecule has 1 unspecified atom stereocenters. The van der Waals surface area contributed by atoms with Gasteiger partial charge in [0, 0.05) is 6.42 Å². The first-order chi connectivity index (χ1) is 11.7. The molecule has 0 saturated heterocycles. The van der Waals surface area contributed by atoms with Crippen molar-refractivity contribution in [1.82, 2.24) is 10.3 Å². The van der Waals surface area contributed by atoms with Gasteiger partial charge in [0.15, 0.2) is 0 Å². The second-order valence-electron chi connectivity index (χ2n) is 5.23. The fourth-order valence-electron chi connectivity index (χ4n) is 2.41. The first kappa shape index (κ1) is 15.6. The van der Waals surface area contributed by atoms with Gasteiger partial charge in [-0.2, -0.15) is 0 Å². The molecular formula is C16H12ClN3O2S2. The average molecular weight is 378 g/mol. The van der Waals surface area contributed by atoms with Crippen molar-refractivity contribution in [1.29, 1.82) is 0 Å². The molecule has 5 nitrogen and oxygen atoms in total. The van der Waals surface area contributed by atoms with Crippen molar-refractivity contribution in [2.45, 2.75) is 19.1 Å². The largest absolute Gasteiger partial charge is 0.382 e. The van der Waals surface area contributed by atoms with Crippen LogP contribution in [-0.4, -0.2) is 22.7 Å². The quantitative estimate of drug-likeness (QED) is 0.751. The molecule has 0 radical (unpaired) electrons. The lowest BCUT2D eigenvalue weighted by Gasteiger charge is -2.07. The zero-order chi connectivity index (χ0) is 16.5. The van der Waals surface area contributed by atoms with Crippen molar-refractivity contribution >= 4 is 56.1 Å². The third kappa shape index (κ3) is 3.15. The summed E-state index contributed by atoms with van der Waals surface area (Å²) in [5, 5.41) is 7.74. The Kier molecular flexibility index (Phi) is 4.22. The van der Waals surface area contributed by atoms with E-state index in [1.165, 1.54) is 11.3 Å². The second kappa shape index (κ2) is 6.51. The lowest BCUT2D eigenvalue weighted by atomic mass is 10.1. The van der Waals surface area contributed by atoms with E-state index in [2.05, 4.69) is 15.5 Å². The highest BCUT2D eigenvalue weighted by Crippen LogP contribution is 2.26. The number of hydrogen-bond donors (Lipinski definition) is 1. The summed E-state index contributed by atoms with van der Waals surface area (Å²) in [5.41, 5.74) is 1.70. The summed E-state index contributed by atoms with van der Waals surface area (Å²) in [7, 11) is 0. The van der Waals surface area contributed by atoms with E-state index in [0.29, 0.717) is 17.3 Å². The smallest absolute Gasteiger partial charge is 0.264 e. The van der Waals surface area contributed by atoms with E-state index in [4.69, 9.17) is 16.4 Å². The third-order valence-corrected chi connectivity index (χ3v) is 5.89. The highest BCUT2D eigenvalue weighted by Gasteiger charge is 2.29. The summed E-state index contributed by atoms with van der Waals surface area (Å²) in [4.78, 5) is 23.0. The van der Waals surface area contributed by atoms with Crippen molar-refractivity contribution in [2.75, 3.05) is 0 Å². The predicted octanol–water partition coefficient (Wildman–Crippen LogP) is 3.82. The number of amides is 1. The number of nitrogens with one attached hydrogen (secondary N) is 1. The summed E-state index contributed by atoms with van der Waals surface area (Å²) >= 11 is 8.93. The topological polar surface area (TPSA) is 63.6 Å². The van der Waals surface area contributed by atoms with Gasteiger partial charge in [-0.05, 0) is 24.3 Å². The van der Waals surface area contributed by atoms with Gasteiger partial charge in [0.1, 0.15) is 10.7 Å². The monoisotopic (exact) mass is 377 g/mol. The van der Waals surface area contributed by atoms with Crippen LogP contribution in [0.4, 0.5) is 0 Å². The Hall–Kier alpha value is -1.96. The van der Waals surface area contributed by atoms with Crippen LogP contribution in [0.5, 0.6) is 0 Å². The zero-order valence-corrected chi connectivity index (χ0v) is 14.7. The van der Waals surface area contributed by atoms with Crippen LogP contribution in [0.1, 0.15) is 16.3 Å². The molecule has 0 bridgehead atoms. The molecule has 1 aliphatic heterocycles. The number of thiazole rings is 1. The Labute approximate surface area is 150 Å². The lowest BCUT2D eigenvalue weighted by Crippen LogP contribution is -2.34. The van der Waals surface area contributed by atoms with Crippen molar-refractivity contribution in [3.8, 4) is 0 Å². The van der Waals surface area contributed by atoms with Gasteiger partial charge in [0.05, 0.1) is 26.0 Å². The minimum Gasteiger partial charge on any atom is -0.382 e. The van der Waals surface area contributed by atoms with Crippen LogP contribution in [0.3, 0.4) is 0 Å². The van der Waals surface area contributed by atoms with Gasteiger partial charge in [-0.25, -0.2) is 4.98 Å². The molecule has 0 spiro atoms. The number of carbonyl (C=O) groups is 1. The normalized spacial score (nSPS) is 16.9. The molecule has 1 aromatic carbocycles. The van der Waals surface area contributed by atoms with Crippen molar-refractivity contribution in [3.63, 3.8) is 0 Å². The number of halogens is 1. The molecule has 2 aromatic heterocycles. The van der Waals surface area contributed by atoms with Crippen LogP contribution in [-0.2, 0) is 16.2 Å². The zero-order valence-electron chi connectivity index (χ0n) is 12.4. The minimum atomic E-state index is -0.602. The van der Waals surface area contributed by atoms with Crippen LogP contribution < -0.4 is 5.32 Å². The van der Waals surface area contributed by atoms with Crippen molar-refractivity contribution in [2.24, 2.45) is 5.16 Å². The molecule has 0 saturated carbocycles. The fourth-order valence-corrected chi connectivity index (χ4v) is 4.35. The molecule has 0 aliphatic carbocycles. The number of benzene rings is 1. The van der Waals surface area contributed by atoms with E-state index in [-0.39, 0.29) is 5.91 Å². The number of hydrogen-bond acceptors (Lipinski definition) is 6. The van der Waals surface area contributed by atoms with Crippen LogP contribution in [0.15, 0.2) is 41.6 Å². The van der Waals surface area contributed by atoms with Gasteiger partial charge < -0.3 is 10.2 Å². The molecule has 1 amide bonds. The average Bonchev–Trinajstić information content (AvgIpc) is 3.30. The Morgan fingerprint density at radius 3 is 2.96 bits per heavy atom. The standard InChI is InChI=1S/C16H12ClN3O2S2/c17-14-6-5-13(23-14)10-7-11(22-20-10)16(21)18-8-15-19-9-3-1-2-4-12(9)24-15/h1-6,11H,7-8H2,(H,18,21). The number of rotatable bonds is 4. The van der Waals surface area contributed by atoms with E-state index in [1.807, 2.05) is 36.4 Å². The summed E-state index contributed by atoms with van der Waals surface area (Å²) < 4.78 is 1.80. The molecule has 8 heteroatoms. The number of carbonyl (C=O) groups excluding carboxylic acids is 1. The molecule has 122 valence electrons. The van der Waals surface area contributed by atoms with Crippen LogP contribution >= 0.6 is 34.3 Å². The van der Waals surface area contributed by atoms with E-state index >= 15 is 0 Å². The molecular weight excluding hydrogens is 366 g/mol. The van der Waals surface area contributed by atoms with Crippen LogP contribution in [0.2, 0.25) is 4.34 Å². The van der Waals surface area contributed by atoms with E-state index in [9.17, 15) is 4.79 Å². The molecule has 24 heavy (non-hydrogen) atoms. The summed E-state index contributed by atoms with van der Waals surface area (Å²) in [5.74, 6) is -0.185. The highest BCUT2D eigenvalue weighted by atomic mass is 35.5. The fraction of sp³-hybridized carbons (Fsp3) is 0.188. The number of aromatic nitrogens is 1. The maximum absolute atomic E-state index is 12.3. The first-order valence-corrected chi connectivity index (χ1v) is 9.31. The van der Waals surface area contributed by atoms with Crippen molar-refractivity contribution < 1.29 is 9.63 Å². The molecule has 4 rings (SSSR count). The molecule has 1 N–H and O–H groups in total. The molecule has 0 fully saturated rings. The minimum absolute atomic E-state index is 0.185. The summed E-state index contributed by atoms with van der Waals surface area (Å²) in [6, 6.07) is 11.6. The Balaban J connectivity index is 1.35. The maximum Gasteiger partial charge on any atom is 0.264 e. The lowest BCUT2D eigenvalue weighted by molar-refractivity contribution is -0.131. The van der Waals surface area contributed by atoms with E-state index in [1.54, 1.807) is 11.3 Å². The van der Waals surface area contributed by atoms with Crippen molar-refractivity contribution in [3.05, 3.63) is 50.6 Å². The number of thiophene rings is 1. The Bertz CT molecular complexity index is 901. The van der Waals surface area contributed by atoms with Gasteiger partial charge in [-0.15, -0.1) is 22.7 Å². The molecule has 3 heterocycles. The summed E-state index contributed by atoms with van der Waals surface area (Å²) in [6.07, 6.45) is -0.155.